The molecule has 86 valence electrons. The third kappa shape index (κ3) is 2.11. The predicted molar refractivity (Wildman–Crippen MR) is 62.2 cm³/mol. The maximum Gasteiger partial charge on any atom is 0.296 e. The normalized spacial score (nSPS) is 11.9. The number of nitrogens with one attached hydrogen (secondary N) is 1. The van der Waals surface area contributed by atoms with E-state index in [4.69, 9.17) is 10.7 Å². The van der Waals surface area contributed by atoms with Crippen LogP contribution in [-0.2, 0) is 9.05 Å². The summed E-state index contributed by atoms with van der Waals surface area (Å²) in [6, 6.07) is 1.91. The molecule has 0 aliphatic heterocycles. The largest absolute Gasteiger partial charge is 0.296 e. The SMILES string of the molecule is Cc1cc(-c2n[nH]c(S(=O)(=O)Cl)n2)sc1C. The molecule has 0 radical (unpaired) electrons. The van der Waals surface area contributed by atoms with Crippen LogP contribution >= 0.6 is 22.0 Å². The van der Waals surface area contributed by atoms with Crippen LogP contribution in [0.2, 0.25) is 0 Å². The lowest BCUT2D eigenvalue weighted by Crippen LogP contribution is -1.92. The summed E-state index contributed by atoms with van der Waals surface area (Å²) < 4.78 is 22.0. The molecule has 0 fully saturated rings. The van der Waals surface area contributed by atoms with E-state index in [9.17, 15) is 8.42 Å². The molecule has 2 aromatic heterocycles. The van der Waals surface area contributed by atoms with Gasteiger partial charge in [0.1, 0.15) is 0 Å². The van der Waals surface area contributed by atoms with Gasteiger partial charge in [0.15, 0.2) is 5.82 Å². The van der Waals surface area contributed by atoms with Crippen LogP contribution in [0.15, 0.2) is 11.2 Å². The molecule has 0 atom stereocenters. The minimum atomic E-state index is -3.85. The van der Waals surface area contributed by atoms with E-state index in [0.29, 0.717) is 5.82 Å². The zero-order chi connectivity index (χ0) is 11.9. The molecule has 0 aliphatic rings. The highest BCUT2D eigenvalue weighted by Crippen LogP contribution is 2.28. The van der Waals surface area contributed by atoms with Crippen molar-refractivity contribution in [2.45, 2.75) is 19.0 Å². The molecule has 16 heavy (non-hydrogen) atoms. The number of thiophene rings is 1. The zero-order valence-electron chi connectivity index (χ0n) is 8.48. The second-order valence-electron chi connectivity index (χ2n) is 3.25. The summed E-state index contributed by atoms with van der Waals surface area (Å²) >= 11 is 1.51. The topological polar surface area (TPSA) is 75.7 Å². The molecule has 0 amide bonds. The Morgan fingerprint density at radius 2 is 2.12 bits per heavy atom. The minimum absolute atomic E-state index is 0.326. The average Bonchev–Trinajstić information content (AvgIpc) is 2.73. The van der Waals surface area contributed by atoms with Crippen molar-refractivity contribution in [3.05, 3.63) is 16.5 Å². The highest BCUT2D eigenvalue weighted by Gasteiger charge is 2.17. The van der Waals surface area contributed by atoms with E-state index in [1.807, 2.05) is 19.9 Å². The lowest BCUT2D eigenvalue weighted by molar-refractivity contribution is 0.602. The molecule has 0 saturated carbocycles. The molecule has 0 saturated heterocycles. The number of aromatic nitrogens is 3. The van der Waals surface area contributed by atoms with Crippen LogP contribution in [0.4, 0.5) is 0 Å². The first kappa shape index (κ1) is 11.6. The Morgan fingerprint density at radius 3 is 2.56 bits per heavy atom. The second kappa shape index (κ2) is 3.83. The standard InChI is InChI=1S/C8H8ClN3O2S2/c1-4-3-6(15-5(4)2)7-10-8(12-11-7)16(9,13)14/h3H,1-2H3,(H,10,11,12). The lowest BCUT2D eigenvalue weighted by atomic mass is 10.3. The van der Waals surface area contributed by atoms with Gasteiger partial charge >= 0.3 is 0 Å². The summed E-state index contributed by atoms with van der Waals surface area (Å²) in [6.07, 6.45) is 0. The number of H-pyrrole nitrogens is 1. The molecule has 8 heteroatoms. The highest BCUT2D eigenvalue weighted by molar-refractivity contribution is 8.13. The first-order chi connectivity index (χ1) is 7.38. The number of hydrogen-bond acceptors (Lipinski definition) is 5. The molecule has 1 N–H and O–H groups in total. The Morgan fingerprint density at radius 1 is 1.44 bits per heavy atom. The molecule has 0 aromatic carbocycles. The van der Waals surface area contributed by atoms with Crippen LogP contribution in [0, 0.1) is 13.8 Å². The molecule has 2 heterocycles. The minimum Gasteiger partial charge on any atom is -0.248 e. The van der Waals surface area contributed by atoms with Crippen molar-refractivity contribution in [2.24, 2.45) is 0 Å². The molecular weight excluding hydrogens is 270 g/mol. The van der Waals surface area contributed by atoms with E-state index in [0.717, 1.165) is 15.3 Å². The Hall–Kier alpha value is -0.920. The summed E-state index contributed by atoms with van der Waals surface area (Å²) in [5, 5.41) is 5.79. The number of aromatic amines is 1. The Labute approximate surface area is 101 Å². The number of aryl methyl sites for hydroxylation is 2. The van der Waals surface area contributed by atoms with E-state index in [2.05, 4.69) is 15.2 Å². The van der Waals surface area contributed by atoms with Crippen LogP contribution in [0.3, 0.4) is 0 Å². The van der Waals surface area contributed by atoms with Crippen LogP contribution in [0.25, 0.3) is 10.7 Å². The van der Waals surface area contributed by atoms with Crippen molar-refractivity contribution in [2.75, 3.05) is 0 Å². The quantitative estimate of drug-likeness (QED) is 0.853. The van der Waals surface area contributed by atoms with Gasteiger partial charge in [0.05, 0.1) is 4.88 Å². The van der Waals surface area contributed by atoms with E-state index in [-0.39, 0.29) is 5.16 Å². The molecule has 0 bridgehead atoms. The summed E-state index contributed by atoms with van der Waals surface area (Å²) in [4.78, 5) is 5.80. The number of rotatable bonds is 2. The van der Waals surface area contributed by atoms with Gasteiger partial charge in [0.2, 0.25) is 0 Å². The van der Waals surface area contributed by atoms with Crippen LogP contribution in [0.1, 0.15) is 10.4 Å². The Kier molecular flexibility index (Phi) is 2.77. The first-order valence-corrected chi connectivity index (χ1v) is 7.45. The predicted octanol–water partition coefficient (Wildman–Crippen LogP) is 2.08. The smallest absolute Gasteiger partial charge is 0.248 e. The summed E-state index contributed by atoms with van der Waals surface area (Å²) in [7, 11) is 1.29. The average molecular weight is 278 g/mol. The van der Waals surface area contributed by atoms with Gasteiger partial charge in [-0.2, -0.15) is 10.1 Å². The highest BCUT2D eigenvalue weighted by atomic mass is 35.7. The third-order valence-electron chi connectivity index (χ3n) is 2.08. The van der Waals surface area contributed by atoms with E-state index in [1.165, 1.54) is 11.3 Å². The van der Waals surface area contributed by atoms with E-state index < -0.39 is 9.05 Å². The van der Waals surface area contributed by atoms with Crippen molar-refractivity contribution in [3.8, 4) is 10.7 Å². The summed E-state index contributed by atoms with van der Waals surface area (Å²) in [5.74, 6) is 0.348. The molecule has 0 aliphatic carbocycles. The molecule has 0 unspecified atom stereocenters. The fourth-order valence-electron chi connectivity index (χ4n) is 1.15. The summed E-state index contributed by atoms with van der Waals surface area (Å²) in [5.41, 5.74) is 1.13. The fourth-order valence-corrected chi connectivity index (χ4v) is 2.67. The number of nitrogens with zero attached hydrogens (tertiary/aromatic N) is 2. The number of hydrogen-bond donors (Lipinski definition) is 1. The second-order valence-corrected chi connectivity index (χ2v) is 6.99. The first-order valence-electron chi connectivity index (χ1n) is 4.32. The fraction of sp³-hybridized carbons (Fsp3) is 0.250. The van der Waals surface area contributed by atoms with Gasteiger partial charge in [0, 0.05) is 15.6 Å². The lowest BCUT2D eigenvalue weighted by Gasteiger charge is -1.85. The summed E-state index contributed by atoms with van der Waals surface area (Å²) in [6.45, 7) is 3.95. The van der Waals surface area contributed by atoms with Gasteiger partial charge in [0.25, 0.3) is 14.2 Å². The van der Waals surface area contributed by atoms with Crippen LogP contribution in [-0.4, -0.2) is 23.6 Å². The van der Waals surface area contributed by atoms with Crippen molar-refractivity contribution >= 4 is 31.1 Å². The van der Waals surface area contributed by atoms with Gasteiger partial charge in [-0.05, 0) is 25.5 Å². The van der Waals surface area contributed by atoms with Crippen molar-refractivity contribution < 1.29 is 8.42 Å². The van der Waals surface area contributed by atoms with Gasteiger partial charge < -0.3 is 0 Å². The number of halogens is 1. The molecule has 2 rings (SSSR count). The zero-order valence-corrected chi connectivity index (χ0v) is 10.9. The maximum atomic E-state index is 11.0. The Balaban J connectivity index is 2.47. The molecule has 2 aromatic rings. The molecule has 0 spiro atoms. The monoisotopic (exact) mass is 277 g/mol. The van der Waals surface area contributed by atoms with E-state index in [1.54, 1.807) is 0 Å². The van der Waals surface area contributed by atoms with Crippen molar-refractivity contribution in [1.82, 2.24) is 15.2 Å². The maximum absolute atomic E-state index is 11.0. The molecule has 5 nitrogen and oxygen atoms in total. The van der Waals surface area contributed by atoms with Crippen LogP contribution < -0.4 is 0 Å². The Bertz CT molecular complexity index is 610. The van der Waals surface area contributed by atoms with Crippen molar-refractivity contribution in [3.63, 3.8) is 0 Å². The van der Waals surface area contributed by atoms with Crippen LogP contribution in [0.5, 0.6) is 0 Å². The van der Waals surface area contributed by atoms with E-state index >= 15 is 0 Å². The van der Waals surface area contributed by atoms with Gasteiger partial charge in [-0.1, -0.05) is 0 Å². The van der Waals surface area contributed by atoms with Gasteiger partial charge in [-0.15, -0.1) is 11.3 Å². The van der Waals surface area contributed by atoms with Crippen molar-refractivity contribution in [1.29, 1.82) is 0 Å². The van der Waals surface area contributed by atoms with Gasteiger partial charge in [-0.25, -0.2) is 13.5 Å². The van der Waals surface area contributed by atoms with Gasteiger partial charge in [-0.3, -0.25) is 0 Å². The third-order valence-corrected chi connectivity index (χ3v) is 4.31. The molecular formula is C8H8ClN3O2S2.